The van der Waals surface area contributed by atoms with Crippen LogP contribution < -0.4 is 10.1 Å². The lowest BCUT2D eigenvalue weighted by Crippen LogP contribution is -2.32. The number of hydrogen-bond donors (Lipinski definition) is 1. The average molecular weight is 487 g/mol. The van der Waals surface area contributed by atoms with Gasteiger partial charge in [0.15, 0.2) is 0 Å². The van der Waals surface area contributed by atoms with Crippen molar-refractivity contribution >= 4 is 21.6 Å². The molecule has 1 aliphatic rings. The number of benzene rings is 2. The van der Waals surface area contributed by atoms with Crippen LogP contribution in [0.5, 0.6) is 5.75 Å². The minimum Gasteiger partial charge on any atom is -0.496 e. The number of carbonyl (C=O) groups excluding carboxylic acids is 1. The second-order valence-electron chi connectivity index (χ2n) is 8.15. The van der Waals surface area contributed by atoms with Gasteiger partial charge in [-0.25, -0.2) is 17.8 Å². The quantitative estimate of drug-likeness (QED) is 0.565. The molecule has 0 spiro atoms. The molecule has 1 saturated heterocycles. The summed E-state index contributed by atoms with van der Waals surface area (Å²) in [6.07, 6.45) is 6.83. The fourth-order valence-electron chi connectivity index (χ4n) is 4.07. The zero-order valence-corrected chi connectivity index (χ0v) is 19.9. The number of imidazole rings is 1. The number of rotatable bonds is 6. The van der Waals surface area contributed by atoms with Gasteiger partial charge in [-0.2, -0.15) is 4.31 Å². The molecule has 1 aromatic heterocycles. The van der Waals surface area contributed by atoms with E-state index < -0.39 is 21.7 Å². The summed E-state index contributed by atoms with van der Waals surface area (Å²) >= 11 is 0. The Hall–Kier alpha value is -3.24. The molecule has 2 aromatic carbocycles. The molecule has 1 fully saturated rings. The number of sulfonamides is 1. The Labute approximate surface area is 198 Å². The SMILES string of the molecule is COc1ccc(S(=O)(=O)N2CCCCCC2)cc1C(=O)Nc1ccc(-n2ccnc2C)c(F)c1. The number of aromatic nitrogens is 2. The highest BCUT2D eigenvalue weighted by Crippen LogP contribution is 2.27. The van der Waals surface area contributed by atoms with E-state index in [-0.39, 0.29) is 21.9 Å². The van der Waals surface area contributed by atoms with Crippen LogP contribution in [-0.2, 0) is 10.0 Å². The third-order valence-electron chi connectivity index (χ3n) is 5.91. The topological polar surface area (TPSA) is 93.5 Å². The van der Waals surface area contributed by atoms with Crippen molar-refractivity contribution in [3.8, 4) is 11.4 Å². The summed E-state index contributed by atoms with van der Waals surface area (Å²) in [5.41, 5.74) is 0.580. The molecule has 0 aliphatic carbocycles. The van der Waals surface area contributed by atoms with Gasteiger partial charge in [0.25, 0.3) is 5.91 Å². The largest absolute Gasteiger partial charge is 0.496 e. The average Bonchev–Trinajstić information content (AvgIpc) is 3.06. The van der Waals surface area contributed by atoms with Crippen molar-refractivity contribution in [2.75, 3.05) is 25.5 Å². The van der Waals surface area contributed by atoms with Crippen molar-refractivity contribution in [3.05, 3.63) is 66.0 Å². The lowest BCUT2D eigenvalue weighted by atomic mass is 10.1. The fourth-order valence-corrected chi connectivity index (χ4v) is 5.61. The van der Waals surface area contributed by atoms with Crippen LogP contribution in [0.2, 0.25) is 0 Å². The Bertz CT molecular complexity index is 1300. The van der Waals surface area contributed by atoms with E-state index in [1.807, 2.05) is 0 Å². The molecule has 2 heterocycles. The van der Waals surface area contributed by atoms with E-state index in [1.165, 1.54) is 41.7 Å². The maximum absolute atomic E-state index is 14.7. The summed E-state index contributed by atoms with van der Waals surface area (Å²) in [4.78, 5) is 17.2. The van der Waals surface area contributed by atoms with E-state index in [1.54, 1.807) is 30.0 Å². The normalized spacial score (nSPS) is 15.0. The molecule has 8 nitrogen and oxygen atoms in total. The van der Waals surface area contributed by atoms with E-state index in [2.05, 4.69) is 10.3 Å². The van der Waals surface area contributed by atoms with Crippen LogP contribution in [0.1, 0.15) is 41.9 Å². The maximum Gasteiger partial charge on any atom is 0.259 e. The lowest BCUT2D eigenvalue weighted by molar-refractivity contribution is 0.102. The number of carbonyl (C=O) groups is 1. The Kier molecular flexibility index (Phi) is 6.99. The molecule has 0 saturated carbocycles. The van der Waals surface area contributed by atoms with Gasteiger partial charge in [0.05, 0.1) is 23.3 Å². The standard InChI is InChI=1S/C24H27FN4O4S/c1-17-26-11-14-29(17)22-9-7-18(15-21(22)25)27-24(30)20-16-19(8-10-23(20)33-2)34(31,32)28-12-5-3-4-6-13-28/h7-11,14-16H,3-6,12-13H2,1-2H3,(H,27,30). The minimum atomic E-state index is -3.75. The Morgan fingerprint density at radius 2 is 1.82 bits per heavy atom. The molecule has 1 N–H and O–H groups in total. The molecule has 180 valence electrons. The third kappa shape index (κ3) is 4.83. The van der Waals surface area contributed by atoms with Gasteiger partial charge in [-0.15, -0.1) is 0 Å². The van der Waals surface area contributed by atoms with E-state index >= 15 is 0 Å². The van der Waals surface area contributed by atoms with E-state index in [0.29, 0.717) is 24.6 Å². The van der Waals surface area contributed by atoms with Crippen LogP contribution in [0.3, 0.4) is 0 Å². The number of hydrogen-bond acceptors (Lipinski definition) is 5. The van der Waals surface area contributed by atoms with Crippen molar-refractivity contribution in [1.29, 1.82) is 0 Å². The van der Waals surface area contributed by atoms with Gasteiger partial charge < -0.3 is 14.6 Å². The van der Waals surface area contributed by atoms with Crippen LogP contribution >= 0.6 is 0 Å². The molecule has 4 rings (SSSR count). The van der Waals surface area contributed by atoms with E-state index in [0.717, 1.165) is 25.7 Å². The number of aryl methyl sites for hydroxylation is 1. The molecule has 0 atom stereocenters. The van der Waals surface area contributed by atoms with Gasteiger partial charge in [0, 0.05) is 31.2 Å². The molecule has 1 aliphatic heterocycles. The Morgan fingerprint density at radius 3 is 2.44 bits per heavy atom. The summed E-state index contributed by atoms with van der Waals surface area (Å²) < 4.78 is 49.5. The number of ether oxygens (including phenoxy) is 1. The first-order valence-corrected chi connectivity index (χ1v) is 12.5. The highest BCUT2D eigenvalue weighted by molar-refractivity contribution is 7.89. The summed E-state index contributed by atoms with van der Waals surface area (Å²) in [5, 5.41) is 2.64. The summed E-state index contributed by atoms with van der Waals surface area (Å²) in [7, 11) is -2.35. The van der Waals surface area contributed by atoms with Gasteiger partial charge in [-0.05, 0) is 56.2 Å². The predicted molar refractivity (Wildman–Crippen MR) is 126 cm³/mol. The molecule has 34 heavy (non-hydrogen) atoms. The summed E-state index contributed by atoms with van der Waals surface area (Å²) in [5.74, 6) is -0.291. The highest BCUT2D eigenvalue weighted by Gasteiger charge is 2.27. The van der Waals surface area contributed by atoms with Gasteiger partial charge in [0.1, 0.15) is 17.4 Å². The van der Waals surface area contributed by atoms with Crippen molar-refractivity contribution in [1.82, 2.24) is 13.9 Å². The smallest absolute Gasteiger partial charge is 0.259 e. The Balaban J connectivity index is 1.60. The highest BCUT2D eigenvalue weighted by atomic mass is 32.2. The molecular weight excluding hydrogens is 459 g/mol. The molecule has 0 bridgehead atoms. The van der Waals surface area contributed by atoms with Gasteiger partial charge in [-0.1, -0.05) is 12.8 Å². The second-order valence-corrected chi connectivity index (χ2v) is 10.1. The number of halogens is 1. The number of methoxy groups -OCH3 is 1. The van der Waals surface area contributed by atoms with Gasteiger partial charge in [-0.3, -0.25) is 4.79 Å². The molecule has 10 heteroatoms. The third-order valence-corrected chi connectivity index (χ3v) is 7.80. The number of amides is 1. The van der Waals surface area contributed by atoms with Crippen LogP contribution in [0, 0.1) is 12.7 Å². The minimum absolute atomic E-state index is 0.0254. The lowest BCUT2D eigenvalue weighted by Gasteiger charge is -2.20. The fraction of sp³-hybridized carbons (Fsp3) is 0.333. The number of anilines is 1. The van der Waals surface area contributed by atoms with Crippen LogP contribution in [0.4, 0.5) is 10.1 Å². The summed E-state index contributed by atoms with van der Waals surface area (Å²) in [6.45, 7) is 2.67. The van der Waals surface area contributed by atoms with E-state index in [4.69, 9.17) is 4.74 Å². The van der Waals surface area contributed by atoms with Gasteiger partial charge >= 0.3 is 0 Å². The van der Waals surface area contributed by atoms with Crippen LogP contribution in [-0.4, -0.2) is 48.4 Å². The molecule has 3 aromatic rings. The first kappa shape index (κ1) is 23.9. The van der Waals surface area contributed by atoms with Crippen LogP contribution in [0.15, 0.2) is 53.7 Å². The first-order chi connectivity index (χ1) is 16.3. The molecule has 1 amide bonds. The van der Waals surface area contributed by atoms with Crippen molar-refractivity contribution in [3.63, 3.8) is 0 Å². The number of nitrogens with one attached hydrogen (secondary N) is 1. The Morgan fingerprint density at radius 1 is 1.09 bits per heavy atom. The van der Waals surface area contributed by atoms with Crippen LogP contribution in [0.25, 0.3) is 5.69 Å². The molecular formula is C24H27FN4O4S. The van der Waals surface area contributed by atoms with Crippen molar-refractivity contribution in [2.24, 2.45) is 0 Å². The maximum atomic E-state index is 14.7. The number of nitrogens with zero attached hydrogens (tertiary/aromatic N) is 3. The van der Waals surface area contributed by atoms with Crippen molar-refractivity contribution < 1.29 is 22.3 Å². The monoisotopic (exact) mass is 486 g/mol. The zero-order chi connectivity index (χ0) is 24.3. The zero-order valence-electron chi connectivity index (χ0n) is 19.1. The molecule has 0 radical (unpaired) electrons. The summed E-state index contributed by atoms with van der Waals surface area (Å²) in [6, 6.07) is 8.53. The van der Waals surface area contributed by atoms with Gasteiger partial charge in [0.2, 0.25) is 10.0 Å². The van der Waals surface area contributed by atoms with E-state index in [9.17, 15) is 17.6 Å². The van der Waals surface area contributed by atoms with Crippen molar-refractivity contribution in [2.45, 2.75) is 37.5 Å². The predicted octanol–water partition coefficient (Wildman–Crippen LogP) is 4.15. The second kappa shape index (κ2) is 9.94. The first-order valence-electron chi connectivity index (χ1n) is 11.1. The molecule has 0 unspecified atom stereocenters.